The van der Waals surface area contributed by atoms with Crippen LogP contribution in [0.15, 0.2) is 36.4 Å². The highest BCUT2D eigenvalue weighted by atomic mass is 35.5. The minimum atomic E-state index is -0.663. The third-order valence-electron chi connectivity index (χ3n) is 4.85. The van der Waals surface area contributed by atoms with E-state index in [0.717, 1.165) is 19.3 Å². The van der Waals surface area contributed by atoms with Gasteiger partial charge in [-0.15, -0.1) is 12.4 Å². The topological polar surface area (TPSA) is 55.6 Å². The van der Waals surface area contributed by atoms with Crippen molar-refractivity contribution < 1.29 is 18.3 Å². The van der Waals surface area contributed by atoms with E-state index in [1.165, 1.54) is 31.4 Å². The maximum atomic E-state index is 14.6. The van der Waals surface area contributed by atoms with Crippen molar-refractivity contribution in [2.45, 2.75) is 25.3 Å². The molecule has 3 rings (SSSR count). The number of halogens is 3. The van der Waals surface area contributed by atoms with Crippen LogP contribution >= 0.6 is 12.4 Å². The summed E-state index contributed by atoms with van der Waals surface area (Å²) in [4.78, 5) is 14.4. The molecule has 1 saturated heterocycles. The standard InChI is InChI=1S/C20H22F2N2O2.ClH/c1-26-15-6-8-16(19(22)11-15)13-5-7-17(18(21)10-13)20(25)24-9-3-2-4-14(24)12-23;/h5-8,10-11,14H,2-4,9,12,23H2,1H3;1H. The molecule has 0 aromatic heterocycles. The van der Waals surface area contributed by atoms with Crippen LogP contribution in [0, 0.1) is 11.6 Å². The average molecular weight is 397 g/mol. The Morgan fingerprint density at radius 3 is 2.59 bits per heavy atom. The molecule has 7 heteroatoms. The summed E-state index contributed by atoms with van der Waals surface area (Å²) in [6.45, 7) is 0.942. The number of rotatable bonds is 4. The second-order valence-electron chi connectivity index (χ2n) is 6.42. The molecule has 0 saturated carbocycles. The Labute approximate surface area is 163 Å². The number of hydrogen-bond donors (Lipinski definition) is 1. The zero-order valence-electron chi connectivity index (χ0n) is 15.1. The van der Waals surface area contributed by atoms with Gasteiger partial charge in [0.1, 0.15) is 17.4 Å². The molecule has 27 heavy (non-hydrogen) atoms. The van der Waals surface area contributed by atoms with Gasteiger partial charge >= 0.3 is 0 Å². The molecule has 1 aliphatic heterocycles. The van der Waals surface area contributed by atoms with Crippen molar-refractivity contribution in [3.05, 3.63) is 53.6 Å². The van der Waals surface area contributed by atoms with E-state index in [4.69, 9.17) is 10.5 Å². The lowest BCUT2D eigenvalue weighted by Gasteiger charge is -2.35. The number of piperidine rings is 1. The average Bonchev–Trinajstić information content (AvgIpc) is 2.67. The summed E-state index contributed by atoms with van der Waals surface area (Å²) in [5.74, 6) is -1.15. The molecule has 1 fully saturated rings. The smallest absolute Gasteiger partial charge is 0.257 e. The van der Waals surface area contributed by atoms with Gasteiger partial charge in [-0.3, -0.25) is 4.79 Å². The molecule has 1 atom stereocenters. The SMILES string of the molecule is COc1ccc(-c2ccc(C(=O)N3CCCCC3CN)c(F)c2)c(F)c1.Cl. The number of hydrogen-bond acceptors (Lipinski definition) is 3. The maximum absolute atomic E-state index is 14.6. The number of carbonyl (C=O) groups is 1. The van der Waals surface area contributed by atoms with Crippen LogP contribution in [0.1, 0.15) is 29.6 Å². The molecule has 2 aromatic carbocycles. The molecule has 4 nitrogen and oxygen atoms in total. The number of nitrogens with zero attached hydrogens (tertiary/aromatic N) is 1. The molecule has 1 aliphatic rings. The highest BCUT2D eigenvalue weighted by molar-refractivity contribution is 5.95. The summed E-state index contributed by atoms with van der Waals surface area (Å²) in [7, 11) is 1.45. The van der Waals surface area contributed by atoms with Gasteiger partial charge in [0, 0.05) is 30.8 Å². The second kappa shape index (κ2) is 9.15. The summed E-state index contributed by atoms with van der Waals surface area (Å²) in [6, 6.07) is 8.48. The van der Waals surface area contributed by atoms with E-state index >= 15 is 0 Å². The quantitative estimate of drug-likeness (QED) is 0.849. The van der Waals surface area contributed by atoms with Crippen molar-refractivity contribution in [1.82, 2.24) is 4.90 Å². The third-order valence-corrected chi connectivity index (χ3v) is 4.85. The number of benzene rings is 2. The van der Waals surface area contributed by atoms with E-state index in [-0.39, 0.29) is 35.5 Å². The first kappa shape index (κ1) is 21.1. The minimum Gasteiger partial charge on any atom is -0.497 e. The monoisotopic (exact) mass is 396 g/mol. The molecule has 146 valence electrons. The Hall–Kier alpha value is -2.18. The number of carbonyl (C=O) groups excluding carboxylic acids is 1. The van der Waals surface area contributed by atoms with Crippen molar-refractivity contribution in [1.29, 1.82) is 0 Å². The Morgan fingerprint density at radius 2 is 1.96 bits per heavy atom. The maximum Gasteiger partial charge on any atom is 0.257 e. The first-order chi connectivity index (χ1) is 12.5. The van der Waals surface area contributed by atoms with Gasteiger partial charge in [-0.2, -0.15) is 0 Å². The van der Waals surface area contributed by atoms with Gasteiger partial charge in [0.2, 0.25) is 0 Å². The zero-order chi connectivity index (χ0) is 18.7. The van der Waals surface area contributed by atoms with E-state index in [1.54, 1.807) is 17.0 Å². The van der Waals surface area contributed by atoms with Gasteiger partial charge < -0.3 is 15.4 Å². The van der Waals surface area contributed by atoms with Crippen LogP contribution in [0.3, 0.4) is 0 Å². The molecule has 0 bridgehead atoms. The summed E-state index contributed by atoms with van der Waals surface area (Å²) < 4.78 is 33.8. The molecule has 2 aromatic rings. The number of nitrogens with two attached hydrogens (primary N) is 1. The zero-order valence-corrected chi connectivity index (χ0v) is 15.9. The predicted molar refractivity (Wildman–Crippen MR) is 103 cm³/mol. The van der Waals surface area contributed by atoms with Gasteiger partial charge in [-0.1, -0.05) is 6.07 Å². The molecule has 1 unspecified atom stereocenters. The number of ether oxygens (including phenoxy) is 1. The largest absolute Gasteiger partial charge is 0.497 e. The highest BCUT2D eigenvalue weighted by Crippen LogP contribution is 2.28. The molecular formula is C20H23ClF2N2O2. The molecular weight excluding hydrogens is 374 g/mol. The predicted octanol–water partition coefficient (Wildman–Crippen LogP) is 4.02. The van der Waals surface area contributed by atoms with Crippen LogP contribution in [0.25, 0.3) is 11.1 Å². The number of amides is 1. The first-order valence-electron chi connectivity index (χ1n) is 8.69. The van der Waals surface area contributed by atoms with Gasteiger partial charge in [-0.05, 0) is 49.1 Å². The Balaban J connectivity index is 0.00000261. The van der Waals surface area contributed by atoms with Gasteiger partial charge in [0.05, 0.1) is 12.7 Å². The Morgan fingerprint density at radius 1 is 1.19 bits per heavy atom. The molecule has 1 amide bonds. The van der Waals surface area contributed by atoms with Crippen LogP contribution in [0.4, 0.5) is 8.78 Å². The second-order valence-corrected chi connectivity index (χ2v) is 6.42. The molecule has 0 spiro atoms. The highest BCUT2D eigenvalue weighted by Gasteiger charge is 2.28. The fourth-order valence-corrected chi connectivity index (χ4v) is 3.38. The summed E-state index contributed by atoms with van der Waals surface area (Å²) in [5, 5.41) is 0. The lowest BCUT2D eigenvalue weighted by molar-refractivity contribution is 0.0618. The number of methoxy groups -OCH3 is 1. The van der Waals surface area contributed by atoms with Crippen molar-refractivity contribution in [2.75, 3.05) is 20.2 Å². The van der Waals surface area contributed by atoms with Crippen molar-refractivity contribution >= 4 is 18.3 Å². The first-order valence-corrected chi connectivity index (χ1v) is 8.69. The summed E-state index contributed by atoms with van der Waals surface area (Å²) >= 11 is 0. The Bertz CT molecular complexity index is 817. The van der Waals surface area contributed by atoms with Crippen LogP contribution < -0.4 is 10.5 Å². The third kappa shape index (κ3) is 4.39. The molecule has 2 N–H and O–H groups in total. The van der Waals surface area contributed by atoms with Crippen molar-refractivity contribution in [3.63, 3.8) is 0 Å². The van der Waals surface area contributed by atoms with Gasteiger partial charge in [-0.25, -0.2) is 8.78 Å². The summed E-state index contributed by atoms with van der Waals surface area (Å²) in [6.07, 6.45) is 2.74. The van der Waals surface area contributed by atoms with Crippen LogP contribution in [0.5, 0.6) is 5.75 Å². The van der Waals surface area contributed by atoms with E-state index in [9.17, 15) is 13.6 Å². The van der Waals surface area contributed by atoms with Crippen molar-refractivity contribution in [2.24, 2.45) is 5.73 Å². The fraction of sp³-hybridized carbons (Fsp3) is 0.350. The minimum absolute atomic E-state index is 0. The Kier molecular flexibility index (Phi) is 7.16. The van der Waals surface area contributed by atoms with Gasteiger partial charge in [0.25, 0.3) is 5.91 Å². The molecule has 0 aliphatic carbocycles. The van der Waals surface area contributed by atoms with E-state index in [0.29, 0.717) is 24.4 Å². The van der Waals surface area contributed by atoms with Crippen molar-refractivity contribution in [3.8, 4) is 16.9 Å². The van der Waals surface area contributed by atoms with E-state index in [2.05, 4.69) is 0 Å². The number of likely N-dealkylation sites (tertiary alicyclic amines) is 1. The lowest BCUT2D eigenvalue weighted by Crippen LogP contribution is -2.47. The normalized spacial score (nSPS) is 16.6. The van der Waals surface area contributed by atoms with Crippen LogP contribution in [-0.4, -0.2) is 37.0 Å². The van der Waals surface area contributed by atoms with Gasteiger partial charge in [0.15, 0.2) is 0 Å². The van der Waals surface area contributed by atoms with Crippen LogP contribution in [-0.2, 0) is 0 Å². The van der Waals surface area contributed by atoms with Crippen LogP contribution in [0.2, 0.25) is 0 Å². The van der Waals surface area contributed by atoms with E-state index < -0.39 is 11.6 Å². The summed E-state index contributed by atoms with van der Waals surface area (Å²) in [5.41, 5.74) is 6.36. The lowest BCUT2D eigenvalue weighted by atomic mass is 9.99. The molecule has 1 heterocycles. The van der Waals surface area contributed by atoms with E-state index in [1.807, 2.05) is 0 Å². The molecule has 0 radical (unpaired) electrons. The fourth-order valence-electron chi connectivity index (χ4n) is 3.38.